The minimum Gasteiger partial charge on any atom is -0.456 e. The lowest BCUT2D eigenvalue weighted by atomic mass is 10.0. The third-order valence-electron chi connectivity index (χ3n) is 5.91. The Morgan fingerprint density at radius 1 is 0.750 bits per heavy atom. The van der Waals surface area contributed by atoms with Gasteiger partial charge in [-0.25, -0.2) is 13.2 Å². The summed E-state index contributed by atoms with van der Waals surface area (Å²) in [4.78, 5) is 0. The quantitative estimate of drug-likeness (QED) is 0.110. The lowest BCUT2D eigenvalue weighted by Gasteiger charge is -2.20. The van der Waals surface area contributed by atoms with Crippen LogP contribution in [-0.2, 0) is 12.5 Å². The van der Waals surface area contributed by atoms with Crippen molar-refractivity contribution in [1.82, 2.24) is 0 Å². The predicted molar refractivity (Wildman–Crippen MR) is 138 cm³/mol. The molecule has 0 fully saturated rings. The van der Waals surface area contributed by atoms with Gasteiger partial charge in [-0.2, -0.15) is 17.6 Å². The first-order valence-corrected chi connectivity index (χ1v) is 11.9. The number of hydrogen-bond acceptors (Lipinski definition) is 2. The molecule has 0 saturated heterocycles. The number of aryl methyl sites for hydroxylation is 1. The second kappa shape index (κ2) is 12.1. The second-order valence-corrected chi connectivity index (χ2v) is 8.65. The summed E-state index contributed by atoms with van der Waals surface area (Å²) in [6.07, 6.45) is -2.89. The van der Waals surface area contributed by atoms with Crippen molar-refractivity contribution in [3.63, 3.8) is 0 Å². The van der Waals surface area contributed by atoms with E-state index in [-0.39, 0.29) is 17.4 Å². The van der Waals surface area contributed by atoms with Crippen LogP contribution in [0.1, 0.15) is 17.5 Å². The molecule has 4 aromatic rings. The number of benzene rings is 4. The molecule has 0 aromatic heterocycles. The molecular weight excluding hydrogens is 537 g/mol. The number of rotatable bonds is 10. The van der Waals surface area contributed by atoms with Gasteiger partial charge in [-0.3, -0.25) is 0 Å². The van der Waals surface area contributed by atoms with E-state index < -0.39 is 46.7 Å². The first kappa shape index (κ1) is 28.5. The van der Waals surface area contributed by atoms with Crippen LogP contribution in [0, 0.1) is 17.5 Å². The van der Waals surface area contributed by atoms with Crippen LogP contribution in [0.25, 0.3) is 22.3 Å². The molecule has 0 atom stereocenters. The van der Waals surface area contributed by atoms with Gasteiger partial charge in [0.25, 0.3) is 0 Å². The highest BCUT2D eigenvalue weighted by atomic mass is 19.3. The summed E-state index contributed by atoms with van der Waals surface area (Å²) in [5, 5.41) is 0. The van der Waals surface area contributed by atoms with Crippen molar-refractivity contribution in [3.8, 4) is 33.8 Å². The summed E-state index contributed by atoms with van der Waals surface area (Å²) < 4.78 is 107. The molecule has 206 valence electrons. The van der Waals surface area contributed by atoms with Crippen LogP contribution in [0.3, 0.4) is 0 Å². The summed E-state index contributed by atoms with van der Waals surface area (Å²) in [5.41, 5.74) is 0.839. The van der Waals surface area contributed by atoms with Crippen LogP contribution in [0.2, 0.25) is 0 Å². The Labute approximate surface area is 225 Å². The topological polar surface area (TPSA) is 18.5 Å². The summed E-state index contributed by atoms with van der Waals surface area (Å²) in [6.45, 7) is 3.67. The van der Waals surface area contributed by atoms with Crippen molar-refractivity contribution in [1.29, 1.82) is 0 Å². The van der Waals surface area contributed by atoms with E-state index in [1.807, 2.05) is 12.1 Å². The number of hydrogen-bond donors (Lipinski definition) is 0. The van der Waals surface area contributed by atoms with Gasteiger partial charge in [0, 0.05) is 11.6 Å². The smallest absolute Gasteiger partial charge is 0.429 e. The molecule has 0 aliphatic carbocycles. The van der Waals surface area contributed by atoms with E-state index in [0.717, 1.165) is 54.8 Å². The molecule has 2 nitrogen and oxygen atoms in total. The molecule has 0 heterocycles. The number of halogens is 7. The molecule has 0 unspecified atom stereocenters. The Kier molecular flexibility index (Phi) is 8.62. The normalized spacial score (nSPS) is 11.2. The van der Waals surface area contributed by atoms with Crippen LogP contribution in [0.5, 0.6) is 11.5 Å². The molecule has 0 aliphatic heterocycles. The molecule has 40 heavy (non-hydrogen) atoms. The van der Waals surface area contributed by atoms with Crippen molar-refractivity contribution in [2.75, 3.05) is 0 Å². The zero-order valence-corrected chi connectivity index (χ0v) is 20.7. The second-order valence-electron chi connectivity index (χ2n) is 8.65. The van der Waals surface area contributed by atoms with E-state index in [9.17, 15) is 30.7 Å². The van der Waals surface area contributed by atoms with Gasteiger partial charge in [0.2, 0.25) is 0 Å². The van der Waals surface area contributed by atoms with Crippen molar-refractivity contribution >= 4 is 0 Å². The van der Waals surface area contributed by atoms with E-state index >= 15 is 0 Å². The molecule has 0 N–H and O–H groups in total. The Hall–Kier alpha value is -4.53. The summed E-state index contributed by atoms with van der Waals surface area (Å²) >= 11 is 0. The lowest BCUT2D eigenvalue weighted by molar-refractivity contribution is -0.187. The van der Waals surface area contributed by atoms with Gasteiger partial charge in [-0.15, -0.1) is 6.58 Å². The van der Waals surface area contributed by atoms with Crippen molar-refractivity contribution in [2.24, 2.45) is 0 Å². The molecule has 0 aliphatic rings. The fraction of sp³-hybridized carbons (Fsp3) is 0.0968. The molecule has 9 heteroatoms. The standard InChI is InChI=1S/C31H21F7O2/c1-2-3-4-19-5-7-20(8-6-19)21-9-13-25(27(33)15-21)31(37,38)40-23-11-12-24(26(32)17-23)22-10-14-29(28(34)16-22)39-18-30(35)36/h2,5-18H,1,3-4H2. The van der Waals surface area contributed by atoms with Crippen LogP contribution in [0.15, 0.2) is 104 Å². The largest absolute Gasteiger partial charge is 0.456 e. The number of allylic oxidation sites excluding steroid dienone is 1. The molecule has 4 aromatic carbocycles. The van der Waals surface area contributed by atoms with E-state index in [1.54, 1.807) is 18.2 Å². The van der Waals surface area contributed by atoms with Gasteiger partial charge in [-0.1, -0.05) is 42.5 Å². The minimum absolute atomic E-state index is 0.0132. The van der Waals surface area contributed by atoms with Gasteiger partial charge in [0.1, 0.15) is 17.4 Å². The fourth-order valence-corrected chi connectivity index (χ4v) is 3.93. The molecule has 0 radical (unpaired) electrons. The average molecular weight is 558 g/mol. The van der Waals surface area contributed by atoms with E-state index in [1.165, 1.54) is 12.1 Å². The summed E-state index contributed by atoms with van der Waals surface area (Å²) in [5.74, 6) is -4.43. The van der Waals surface area contributed by atoms with Gasteiger partial charge in [0.15, 0.2) is 17.8 Å². The van der Waals surface area contributed by atoms with E-state index in [4.69, 9.17) is 0 Å². The Morgan fingerprint density at radius 2 is 1.43 bits per heavy atom. The average Bonchev–Trinajstić information content (AvgIpc) is 2.91. The van der Waals surface area contributed by atoms with Gasteiger partial charge in [-0.05, 0) is 71.5 Å². The zero-order chi connectivity index (χ0) is 28.9. The van der Waals surface area contributed by atoms with Crippen LogP contribution in [-0.4, -0.2) is 0 Å². The molecule has 0 bridgehead atoms. The highest BCUT2D eigenvalue weighted by molar-refractivity contribution is 5.66. The molecule has 0 spiro atoms. The first-order valence-electron chi connectivity index (χ1n) is 11.9. The maximum absolute atomic E-state index is 14.9. The zero-order valence-electron chi connectivity index (χ0n) is 20.7. The van der Waals surface area contributed by atoms with Crippen LogP contribution >= 0.6 is 0 Å². The van der Waals surface area contributed by atoms with Crippen LogP contribution < -0.4 is 9.47 Å². The summed E-state index contributed by atoms with van der Waals surface area (Å²) in [6, 6.07) is 16.2. The third kappa shape index (κ3) is 6.72. The predicted octanol–water partition coefficient (Wildman–Crippen LogP) is 9.80. The third-order valence-corrected chi connectivity index (χ3v) is 5.91. The van der Waals surface area contributed by atoms with Gasteiger partial charge < -0.3 is 9.47 Å². The Morgan fingerprint density at radius 3 is 2.05 bits per heavy atom. The SMILES string of the molecule is C=CCCc1ccc(-c2ccc(C(F)(F)Oc3ccc(-c4ccc(OC=C(F)F)c(F)c4)c(F)c3)c(F)c2)cc1. The van der Waals surface area contributed by atoms with Gasteiger partial charge in [0.05, 0.1) is 5.56 Å². The Balaban J connectivity index is 1.51. The monoisotopic (exact) mass is 558 g/mol. The van der Waals surface area contributed by atoms with E-state index in [0.29, 0.717) is 17.2 Å². The lowest BCUT2D eigenvalue weighted by Crippen LogP contribution is -2.23. The maximum atomic E-state index is 14.9. The van der Waals surface area contributed by atoms with Crippen molar-refractivity contribution in [3.05, 3.63) is 132 Å². The van der Waals surface area contributed by atoms with E-state index in [2.05, 4.69) is 16.1 Å². The minimum atomic E-state index is -4.14. The molecule has 4 rings (SSSR count). The first-order chi connectivity index (χ1) is 19.1. The number of ether oxygens (including phenoxy) is 2. The Bertz CT molecular complexity index is 1540. The molecule has 0 saturated carbocycles. The highest BCUT2D eigenvalue weighted by Crippen LogP contribution is 2.37. The van der Waals surface area contributed by atoms with Crippen LogP contribution in [0.4, 0.5) is 30.7 Å². The molecular formula is C31H21F7O2. The van der Waals surface area contributed by atoms with Gasteiger partial charge >= 0.3 is 12.2 Å². The molecule has 0 amide bonds. The number of alkyl halides is 2. The fourth-order valence-electron chi connectivity index (χ4n) is 3.93. The maximum Gasteiger partial charge on any atom is 0.429 e. The van der Waals surface area contributed by atoms with Crippen molar-refractivity contribution in [2.45, 2.75) is 19.0 Å². The van der Waals surface area contributed by atoms with Crippen molar-refractivity contribution < 1.29 is 40.2 Å². The highest BCUT2D eigenvalue weighted by Gasteiger charge is 2.38. The summed E-state index contributed by atoms with van der Waals surface area (Å²) in [7, 11) is 0.